The summed E-state index contributed by atoms with van der Waals surface area (Å²) in [7, 11) is 0. The number of hydrogen-bond acceptors (Lipinski definition) is 5. The van der Waals surface area contributed by atoms with Gasteiger partial charge < -0.3 is 4.84 Å². The van der Waals surface area contributed by atoms with E-state index in [4.69, 9.17) is 16.0 Å². The fraction of sp³-hybridized carbons (Fsp3) is 0.316. The number of benzene rings is 2. The topological polar surface area (TPSA) is 71.3 Å². The van der Waals surface area contributed by atoms with E-state index in [1.807, 2.05) is 36.4 Å². The molecule has 2 aromatic carbocycles. The SMILES string of the molecule is N#CC1CN1OCCc1ccccc1.NOCCc1ccccc1. The van der Waals surface area contributed by atoms with Crippen LogP contribution < -0.4 is 5.90 Å². The van der Waals surface area contributed by atoms with E-state index in [1.54, 1.807) is 5.06 Å². The molecule has 0 bridgehead atoms. The third-order valence-electron chi connectivity index (χ3n) is 3.56. The summed E-state index contributed by atoms with van der Waals surface area (Å²) in [5.74, 6) is 4.88. The van der Waals surface area contributed by atoms with Crippen molar-refractivity contribution in [2.45, 2.75) is 18.9 Å². The number of nitriles is 1. The van der Waals surface area contributed by atoms with Gasteiger partial charge in [0, 0.05) is 0 Å². The predicted molar refractivity (Wildman–Crippen MR) is 92.5 cm³/mol. The van der Waals surface area contributed by atoms with Crippen molar-refractivity contribution in [1.29, 1.82) is 5.26 Å². The third-order valence-corrected chi connectivity index (χ3v) is 3.56. The zero-order chi connectivity index (χ0) is 17.0. The number of hydrogen-bond donors (Lipinski definition) is 1. The molecule has 2 atom stereocenters. The Kier molecular flexibility index (Phi) is 7.94. The summed E-state index contributed by atoms with van der Waals surface area (Å²) in [4.78, 5) is 9.82. The zero-order valence-corrected chi connectivity index (χ0v) is 13.7. The Bertz CT molecular complexity index is 614. The molecule has 2 N–H and O–H groups in total. The fourth-order valence-corrected chi connectivity index (χ4v) is 2.12. The van der Waals surface area contributed by atoms with Gasteiger partial charge in [0.2, 0.25) is 0 Å². The lowest BCUT2D eigenvalue weighted by atomic mass is 10.2. The molecule has 0 spiro atoms. The van der Waals surface area contributed by atoms with Crippen LogP contribution in [0.3, 0.4) is 0 Å². The number of nitrogens with zero attached hydrogens (tertiary/aromatic N) is 2. The first kappa shape index (κ1) is 18.1. The molecular formula is C19H23N3O2. The molecule has 1 aliphatic rings. The van der Waals surface area contributed by atoms with Gasteiger partial charge in [-0.2, -0.15) is 10.3 Å². The summed E-state index contributed by atoms with van der Waals surface area (Å²) in [5.41, 5.74) is 2.52. The molecule has 0 aliphatic carbocycles. The molecule has 2 unspecified atom stereocenters. The van der Waals surface area contributed by atoms with Crippen LogP contribution in [-0.2, 0) is 22.5 Å². The monoisotopic (exact) mass is 325 g/mol. The quantitative estimate of drug-likeness (QED) is 0.625. The fourth-order valence-electron chi connectivity index (χ4n) is 2.12. The van der Waals surface area contributed by atoms with E-state index in [2.05, 4.69) is 35.2 Å². The van der Waals surface area contributed by atoms with Gasteiger partial charge in [0.25, 0.3) is 0 Å². The highest BCUT2D eigenvalue weighted by molar-refractivity contribution is 5.15. The summed E-state index contributed by atoms with van der Waals surface area (Å²) in [5, 5.41) is 10.2. The van der Waals surface area contributed by atoms with Crippen molar-refractivity contribution < 1.29 is 9.68 Å². The van der Waals surface area contributed by atoms with E-state index in [1.165, 1.54) is 11.1 Å². The molecule has 1 aliphatic heterocycles. The van der Waals surface area contributed by atoms with Crippen LogP contribution in [0, 0.1) is 11.3 Å². The summed E-state index contributed by atoms with van der Waals surface area (Å²) < 4.78 is 0. The van der Waals surface area contributed by atoms with Crippen LogP contribution in [-0.4, -0.2) is 30.9 Å². The molecule has 3 rings (SSSR count). The van der Waals surface area contributed by atoms with Gasteiger partial charge in [0.1, 0.15) is 6.04 Å². The molecule has 0 amide bonds. The number of hydroxylamine groups is 2. The van der Waals surface area contributed by atoms with Crippen molar-refractivity contribution >= 4 is 0 Å². The van der Waals surface area contributed by atoms with Crippen molar-refractivity contribution in [2.75, 3.05) is 19.8 Å². The minimum atomic E-state index is -0.00854. The maximum absolute atomic E-state index is 8.52. The van der Waals surface area contributed by atoms with Crippen LogP contribution in [0.15, 0.2) is 60.7 Å². The first-order valence-electron chi connectivity index (χ1n) is 8.02. The van der Waals surface area contributed by atoms with E-state index >= 15 is 0 Å². The standard InChI is InChI=1S/C11H12N2O.C8H11NO/c12-8-11-9-13(11)14-7-6-10-4-2-1-3-5-10;9-10-7-6-8-4-2-1-3-5-8/h1-5,11H,6-7,9H2;1-5H,6-7,9H2. The second-order valence-electron chi connectivity index (χ2n) is 5.42. The smallest absolute Gasteiger partial charge is 0.137 e. The average Bonchev–Trinajstić information content (AvgIpc) is 3.41. The minimum absolute atomic E-state index is 0.00854. The predicted octanol–water partition coefficient (Wildman–Crippen LogP) is 2.49. The lowest BCUT2D eigenvalue weighted by Crippen LogP contribution is -2.06. The van der Waals surface area contributed by atoms with Gasteiger partial charge >= 0.3 is 0 Å². The average molecular weight is 325 g/mol. The van der Waals surface area contributed by atoms with Crippen LogP contribution in [0.2, 0.25) is 0 Å². The van der Waals surface area contributed by atoms with Gasteiger partial charge in [0.15, 0.2) is 0 Å². The second kappa shape index (κ2) is 10.5. The Morgan fingerprint density at radius 3 is 1.96 bits per heavy atom. The molecule has 1 fully saturated rings. The van der Waals surface area contributed by atoms with Crippen molar-refractivity contribution in [3.8, 4) is 6.07 Å². The number of rotatable bonds is 7. The molecule has 0 radical (unpaired) electrons. The van der Waals surface area contributed by atoms with E-state index < -0.39 is 0 Å². The van der Waals surface area contributed by atoms with E-state index in [0.717, 1.165) is 19.4 Å². The van der Waals surface area contributed by atoms with Crippen LogP contribution in [0.1, 0.15) is 11.1 Å². The second-order valence-corrected chi connectivity index (χ2v) is 5.42. The first-order chi connectivity index (χ1) is 11.8. The Morgan fingerprint density at radius 1 is 0.958 bits per heavy atom. The Hall–Kier alpha value is -2.23. The van der Waals surface area contributed by atoms with Crippen LogP contribution in [0.4, 0.5) is 0 Å². The Labute approximate surface area is 143 Å². The Balaban J connectivity index is 0.000000185. The minimum Gasteiger partial charge on any atom is -0.304 e. The van der Waals surface area contributed by atoms with E-state index in [9.17, 15) is 0 Å². The van der Waals surface area contributed by atoms with E-state index in [0.29, 0.717) is 13.2 Å². The van der Waals surface area contributed by atoms with Gasteiger partial charge in [-0.25, -0.2) is 5.90 Å². The lowest BCUT2D eigenvalue weighted by molar-refractivity contribution is -0.0688. The van der Waals surface area contributed by atoms with Gasteiger partial charge in [-0.3, -0.25) is 4.84 Å². The van der Waals surface area contributed by atoms with Gasteiger partial charge in [-0.15, -0.1) is 0 Å². The molecule has 126 valence electrons. The highest BCUT2D eigenvalue weighted by Crippen LogP contribution is 2.16. The largest absolute Gasteiger partial charge is 0.304 e. The zero-order valence-electron chi connectivity index (χ0n) is 13.7. The Morgan fingerprint density at radius 2 is 1.50 bits per heavy atom. The van der Waals surface area contributed by atoms with Crippen molar-refractivity contribution in [3.05, 3.63) is 71.8 Å². The third kappa shape index (κ3) is 6.90. The first-order valence-corrected chi connectivity index (χ1v) is 8.02. The molecule has 5 heteroatoms. The molecule has 1 saturated heterocycles. The summed E-state index contributed by atoms with van der Waals surface area (Å²) >= 11 is 0. The maximum atomic E-state index is 8.52. The van der Waals surface area contributed by atoms with Crippen molar-refractivity contribution in [1.82, 2.24) is 5.06 Å². The molecule has 1 heterocycles. The number of nitrogens with two attached hydrogens (primary N) is 1. The normalized spacial score (nSPS) is 18.2. The van der Waals surface area contributed by atoms with Crippen molar-refractivity contribution in [3.63, 3.8) is 0 Å². The van der Waals surface area contributed by atoms with E-state index in [-0.39, 0.29) is 6.04 Å². The molecule has 0 saturated carbocycles. The molecule has 0 aromatic heterocycles. The molecule has 5 nitrogen and oxygen atoms in total. The molecule has 2 aromatic rings. The molecule has 24 heavy (non-hydrogen) atoms. The highest BCUT2D eigenvalue weighted by Gasteiger charge is 2.35. The summed E-state index contributed by atoms with van der Waals surface area (Å²) in [6, 6.07) is 22.4. The van der Waals surface area contributed by atoms with Gasteiger partial charge in [0.05, 0.1) is 25.8 Å². The molecular weight excluding hydrogens is 302 g/mol. The maximum Gasteiger partial charge on any atom is 0.137 e. The van der Waals surface area contributed by atoms with Crippen molar-refractivity contribution in [2.24, 2.45) is 5.90 Å². The summed E-state index contributed by atoms with van der Waals surface area (Å²) in [6.07, 6.45) is 1.78. The van der Waals surface area contributed by atoms with Crippen LogP contribution in [0.25, 0.3) is 0 Å². The van der Waals surface area contributed by atoms with Gasteiger partial charge in [-0.05, 0) is 24.0 Å². The van der Waals surface area contributed by atoms with Crippen LogP contribution in [0.5, 0.6) is 0 Å². The van der Waals surface area contributed by atoms with Gasteiger partial charge in [-0.1, -0.05) is 60.7 Å². The summed E-state index contributed by atoms with van der Waals surface area (Å²) in [6.45, 7) is 2.00. The highest BCUT2D eigenvalue weighted by atomic mass is 16.7. The van der Waals surface area contributed by atoms with Crippen LogP contribution >= 0.6 is 0 Å². The lowest BCUT2D eigenvalue weighted by Gasteiger charge is -2.02.